The number of rotatable bonds is 2. The zero-order chi connectivity index (χ0) is 20.5. The molecule has 4 rings (SSSR count). The Hall–Kier alpha value is -1.13. The molecule has 0 radical (unpaired) electrons. The Morgan fingerprint density at radius 1 is 1.11 bits per heavy atom. The van der Waals surface area contributed by atoms with Crippen molar-refractivity contribution < 1.29 is 9.22 Å². The summed E-state index contributed by atoms with van der Waals surface area (Å²) in [6.07, 6.45) is 6.14. The Bertz CT molecular complexity index is 810. The minimum atomic E-state index is -0.335. The Balaban J connectivity index is 1.75. The van der Waals surface area contributed by atoms with Gasteiger partial charge in [-0.1, -0.05) is 26.8 Å². The first-order valence-corrected chi connectivity index (χ1v) is 11.9. The number of nitrogens with two attached hydrogens (primary N) is 1. The standard InChI is InChI=1S/C24H37NO2Si/c1-22(2,3)19-12-14-6-7-16-15(17(14)13-20(19)25)10-11-24(23(4,5)27-28)18(16)8-9-21(24)26/h12-13,15-16,18H,6-11,25H2,1-5,28H3/t15-,16+,18-,24+/m0/s1. The number of Topliss-reactive ketones (excluding diaryl/α,β-unsaturated/α-hetero) is 1. The molecule has 2 fully saturated rings. The second-order valence-electron chi connectivity index (χ2n) is 11.0. The molecule has 0 spiro atoms. The Morgan fingerprint density at radius 3 is 2.46 bits per heavy atom. The molecule has 0 heterocycles. The van der Waals surface area contributed by atoms with Crippen molar-refractivity contribution in [2.45, 2.75) is 90.1 Å². The van der Waals surface area contributed by atoms with Gasteiger partial charge in [-0.3, -0.25) is 4.79 Å². The smallest absolute Gasteiger partial charge is 0.146 e. The summed E-state index contributed by atoms with van der Waals surface area (Å²) in [6, 6.07) is 4.66. The fraction of sp³-hybridized carbons (Fsp3) is 0.708. The molecule has 0 amide bonds. The van der Waals surface area contributed by atoms with Crippen molar-refractivity contribution >= 4 is 22.0 Å². The molecule has 1 aromatic carbocycles. The van der Waals surface area contributed by atoms with E-state index in [4.69, 9.17) is 10.2 Å². The minimum Gasteiger partial charge on any atom is -0.422 e. The van der Waals surface area contributed by atoms with E-state index in [0.717, 1.165) is 37.8 Å². The summed E-state index contributed by atoms with van der Waals surface area (Å²) in [7, 11) is 0.680. The fourth-order valence-electron chi connectivity index (χ4n) is 7.01. The van der Waals surface area contributed by atoms with E-state index in [2.05, 4.69) is 46.8 Å². The van der Waals surface area contributed by atoms with Crippen molar-refractivity contribution in [2.24, 2.45) is 17.3 Å². The first-order chi connectivity index (χ1) is 13.0. The van der Waals surface area contributed by atoms with Crippen LogP contribution >= 0.6 is 0 Å². The van der Waals surface area contributed by atoms with E-state index in [1.807, 2.05) is 0 Å². The summed E-state index contributed by atoms with van der Waals surface area (Å²) in [4.78, 5) is 13.2. The van der Waals surface area contributed by atoms with Gasteiger partial charge in [0, 0.05) is 12.1 Å². The predicted molar refractivity (Wildman–Crippen MR) is 119 cm³/mol. The lowest BCUT2D eigenvalue weighted by Crippen LogP contribution is -2.57. The zero-order valence-corrected chi connectivity index (χ0v) is 20.5. The van der Waals surface area contributed by atoms with Crippen LogP contribution in [0.15, 0.2) is 12.1 Å². The van der Waals surface area contributed by atoms with Gasteiger partial charge in [-0.15, -0.1) is 0 Å². The van der Waals surface area contributed by atoms with Crippen LogP contribution in [0.1, 0.15) is 89.3 Å². The zero-order valence-electron chi connectivity index (χ0n) is 18.5. The van der Waals surface area contributed by atoms with Gasteiger partial charge in [0.15, 0.2) is 0 Å². The summed E-state index contributed by atoms with van der Waals surface area (Å²) >= 11 is 0. The molecular weight excluding hydrogens is 362 g/mol. The van der Waals surface area contributed by atoms with Crippen LogP contribution in [0.2, 0.25) is 0 Å². The van der Waals surface area contributed by atoms with Crippen LogP contribution in [-0.2, 0) is 21.1 Å². The number of aryl methyl sites for hydroxylation is 1. The summed E-state index contributed by atoms with van der Waals surface area (Å²) < 4.78 is 6.07. The molecule has 0 saturated heterocycles. The third-order valence-corrected chi connectivity index (χ3v) is 9.57. The summed E-state index contributed by atoms with van der Waals surface area (Å²) in [6.45, 7) is 11.1. The van der Waals surface area contributed by atoms with E-state index in [-0.39, 0.29) is 16.4 Å². The van der Waals surface area contributed by atoms with Crippen LogP contribution in [-0.4, -0.2) is 21.9 Å². The molecule has 1 aromatic rings. The molecule has 3 aliphatic rings. The third kappa shape index (κ3) is 2.67. The van der Waals surface area contributed by atoms with Gasteiger partial charge >= 0.3 is 0 Å². The highest BCUT2D eigenvalue weighted by Crippen LogP contribution is 2.64. The quantitative estimate of drug-likeness (QED) is 0.603. The fourth-order valence-corrected chi connectivity index (χ4v) is 7.38. The van der Waals surface area contributed by atoms with Gasteiger partial charge in [0.2, 0.25) is 0 Å². The number of hydrogen-bond donors (Lipinski definition) is 1. The normalized spacial score (nSPS) is 32.8. The van der Waals surface area contributed by atoms with Crippen LogP contribution in [0.3, 0.4) is 0 Å². The maximum atomic E-state index is 13.2. The molecule has 0 aromatic heterocycles. The number of benzene rings is 1. The molecule has 0 aliphatic heterocycles. The molecule has 154 valence electrons. The van der Waals surface area contributed by atoms with Gasteiger partial charge in [-0.2, -0.15) is 0 Å². The second-order valence-corrected chi connectivity index (χ2v) is 11.4. The van der Waals surface area contributed by atoms with E-state index in [1.54, 1.807) is 0 Å². The lowest BCUT2D eigenvalue weighted by atomic mass is 9.51. The first-order valence-electron chi connectivity index (χ1n) is 11.0. The van der Waals surface area contributed by atoms with Gasteiger partial charge < -0.3 is 10.2 Å². The molecule has 4 atom stereocenters. The monoisotopic (exact) mass is 399 g/mol. The second kappa shape index (κ2) is 6.43. The molecule has 2 N–H and O–H groups in total. The molecule has 28 heavy (non-hydrogen) atoms. The van der Waals surface area contributed by atoms with Gasteiger partial charge in [-0.25, -0.2) is 0 Å². The Labute approximate surface area is 173 Å². The van der Waals surface area contributed by atoms with Crippen molar-refractivity contribution in [1.29, 1.82) is 0 Å². The van der Waals surface area contributed by atoms with Crippen molar-refractivity contribution in [2.75, 3.05) is 5.73 Å². The van der Waals surface area contributed by atoms with Crippen LogP contribution in [0.25, 0.3) is 0 Å². The average molecular weight is 400 g/mol. The van der Waals surface area contributed by atoms with Crippen LogP contribution in [0.4, 0.5) is 5.69 Å². The minimum absolute atomic E-state index is 0.0714. The third-order valence-electron chi connectivity index (χ3n) is 8.55. The highest BCUT2D eigenvalue weighted by Gasteiger charge is 2.63. The number of nitrogen functional groups attached to an aromatic ring is 1. The average Bonchev–Trinajstić information content (AvgIpc) is 2.98. The number of anilines is 1. The summed E-state index contributed by atoms with van der Waals surface area (Å²) in [5, 5.41) is 0. The van der Waals surface area contributed by atoms with Gasteiger partial charge in [0.25, 0.3) is 0 Å². The van der Waals surface area contributed by atoms with Crippen molar-refractivity contribution in [3.63, 3.8) is 0 Å². The maximum absolute atomic E-state index is 13.2. The summed E-state index contributed by atoms with van der Waals surface area (Å²) in [5.41, 5.74) is 11.2. The van der Waals surface area contributed by atoms with Crippen LogP contribution < -0.4 is 5.73 Å². The summed E-state index contributed by atoms with van der Waals surface area (Å²) in [5.74, 6) is 2.06. The Kier molecular flexibility index (Phi) is 4.63. The number of carbonyl (C=O) groups excluding carboxylic acids is 1. The van der Waals surface area contributed by atoms with E-state index in [1.165, 1.54) is 23.1 Å². The first kappa shape index (κ1) is 20.2. The van der Waals surface area contributed by atoms with Crippen LogP contribution in [0.5, 0.6) is 0 Å². The lowest BCUT2D eigenvalue weighted by Gasteiger charge is -2.55. The maximum Gasteiger partial charge on any atom is 0.146 e. The van der Waals surface area contributed by atoms with Gasteiger partial charge in [0.05, 0.1) is 11.0 Å². The Morgan fingerprint density at radius 2 is 1.82 bits per heavy atom. The van der Waals surface area contributed by atoms with E-state index in [9.17, 15) is 4.79 Å². The molecule has 2 saturated carbocycles. The molecular formula is C24H37NO2Si. The number of carbonyl (C=O) groups is 1. The lowest BCUT2D eigenvalue weighted by molar-refractivity contribution is -0.150. The topological polar surface area (TPSA) is 52.3 Å². The molecule has 0 bridgehead atoms. The SMILES string of the molecule is CC(C)(C)c1cc2c(cc1N)[C@H]1CC[C@]3(C(C)(C)O[SiH3])C(=O)CC[C@H]3[C@@H]1CC2. The molecule has 4 heteroatoms. The van der Waals surface area contributed by atoms with Crippen LogP contribution in [0, 0.1) is 17.3 Å². The van der Waals surface area contributed by atoms with Crippen molar-refractivity contribution in [3.8, 4) is 0 Å². The molecule has 3 aliphatic carbocycles. The predicted octanol–water partition coefficient (Wildman–Crippen LogP) is 4.05. The van der Waals surface area contributed by atoms with Crippen molar-refractivity contribution in [1.82, 2.24) is 0 Å². The number of ketones is 1. The van der Waals surface area contributed by atoms with E-state index >= 15 is 0 Å². The number of fused-ring (bicyclic) bond motifs is 5. The highest BCUT2D eigenvalue weighted by molar-refractivity contribution is 5.99. The van der Waals surface area contributed by atoms with Crippen molar-refractivity contribution in [3.05, 3.63) is 28.8 Å². The van der Waals surface area contributed by atoms with Gasteiger partial charge in [0.1, 0.15) is 16.3 Å². The number of hydrogen-bond acceptors (Lipinski definition) is 3. The van der Waals surface area contributed by atoms with E-state index < -0.39 is 0 Å². The molecule has 3 nitrogen and oxygen atoms in total. The highest BCUT2D eigenvalue weighted by atomic mass is 28.2. The van der Waals surface area contributed by atoms with E-state index in [0.29, 0.717) is 34.0 Å². The largest absolute Gasteiger partial charge is 0.422 e. The molecule has 0 unspecified atom stereocenters. The van der Waals surface area contributed by atoms with Gasteiger partial charge in [-0.05, 0) is 91.9 Å².